The van der Waals surface area contributed by atoms with Gasteiger partial charge in [-0.2, -0.15) is 0 Å². The molecule has 0 aliphatic rings. The number of hydrogen-bond donors (Lipinski definition) is 0. The summed E-state index contributed by atoms with van der Waals surface area (Å²) in [6, 6.07) is 68.1. The summed E-state index contributed by atoms with van der Waals surface area (Å²) in [6.07, 6.45) is 0. The summed E-state index contributed by atoms with van der Waals surface area (Å²) in [6.45, 7) is 0. The average Bonchev–Trinajstić information content (AvgIpc) is 3.63. The van der Waals surface area contributed by atoms with Gasteiger partial charge in [0.05, 0.1) is 11.4 Å². The first-order chi connectivity index (χ1) is 26.2. The number of hydrogen-bond acceptors (Lipinski definition) is 3. The van der Waals surface area contributed by atoms with Crippen molar-refractivity contribution in [2.24, 2.45) is 0 Å². The second-order valence-corrected chi connectivity index (χ2v) is 13.4. The molecule has 3 heteroatoms. The summed E-state index contributed by atoms with van der Waals surface area (Å²) >= 11 is 0. The molecule has 8 aromatic carbocycles. The average molecular weight is 677 g/mol. The van der Waals surface area contributed by atoms with Gasteiger partial charge in [-0.3, -0.25) is 0 Å². The third kappa shape index (κ3) is 5.75. The summed E-state index contributed by atoms with van der Waals surface area (Å²) in [4.78, 5) is 10.4. The first-order valence-electron chi connectivity index (χ1n) is 17.9. The summed E-state index contributed by atoms with van der Waals surface area (Å²) in [5, 5.41) is 4.59. The molecule has 3 nitrogen and oxygen atoms in total. The third-order valence-electron chi connectivity index (χ3n) is 10.1. The molecule has 0 radical (unpaired) electrons. The van der Waals surface area contributed by atoms with E-state index in [9.17, 15) is 0 Å². The highest BCUT2D eigenvalue weighted by Gasteiger charge is 2.17. The summed E-state index contributed by atoms with van der Waals surface area (Å²) in [7, 11) is 0. The Labute approximate surface area is 307 Å². The van der Waals surface area contributed by atoms with Crippen LogP contribution < -0.4 is 0 Å². The van der Waals surface area contributed by atoms with Crippen LogP contribution in [-0.2, 0) is 0 Å². The fraction of sp³-hybridized carbons (Fsp3) is 0. The van der Waals surface area contributed by atoms with Crippen molar-refractivity contribution in [2.45, 2.75) is 0 Å². The van der Waals surface area contributed by atoms with E-state index in [2.05, 4.69) is 164 Å². The molecule has 0 saturated heterocycles. The SMILES string of the molecule is c1ccc(-c2ccc(-c3cc(-c4cc(-c5ccc6ccccc6c5)nc(-c5ccccc5)n4)cc(-c4cccc5c4oc4ccccc45)c3)cc2)cc1. The van der Waals surface area contributed by atoms with Gasteiger partial charge in [0, 0.05) is 33.0 Å². The van der Waals surface area contributed by atoms with Crippen LogP contribution in [0, 0.1) is 0 Å². The van der Waals surface area contributed by atoms with Crippen LogP contribution in [0.5, 0.6) is 0 Å². The first kappa shape index (κ1) is 30.7. The van der Waals surface area contributed by atoms with Gasteiger partial charge in [0.15, 0.2) is 5.82 Å². The van der Waals surface area contributed by atoms with Gasteiger partial charge in [0.25, 0.3) is 0 Å². The molecule has 10 aromatic rings. The third-order valence-corrected chi connectivity index (χ3v) is 10.1. The first-order valence-corrected chi connectivity index (χ1v) is 17.9. The zero-order valence-electron chi connectivity index (χ0n) is 28.8. The number of furan rings is 1. The molecule has 0 spiro atoms. The summed E-state index contributed by atoms with van der Waals surface area (Å²) in [5.41, 5.74) is 13.2. The Morgan fingerprint density at radius 1 is 0.321 bits per heavy atom. The highest BCUT2D eigenvalue weighted by atomic mass is 16.3. The summed E-state index contributed by atoms with van der Waals surface area (Å²) in [5.74, 6) is 0.685. The molecule has 248 valence electrons. The minimum Gasteiger partial charge on any atom is -0.455 e. The van der Waals surface area contributed by atoms with Gasteiger partial charge in [-0.25, -0.2) is 9.97 Å². The topological polar surface area (TPSA) is 38.9 Å². The number of aromatic nitrogens is 2. The van der Waals surface area contributed by atoms with Crippen LogP contribution >= 0.6 is 0 Å². The zero-order chi connectivity index (χ0) is 35.1. The fourth-order valence-electron chi connectivity index (χ4n) is 7.37. The van der Waals surface area contributed by atoms with E-state index in [1.165, 1.54) is 21.9 Å². The lowest BCUT2D eigenvalue weighted by Gasteiger charge is -2.14. The van der Waals surface area contributed by atoms with Crippen molar-refractivity contribution in [1.82, 2.24) is 9.97 Å². The Bertz CT molecular complexity index is 2930. The van der Waals surface area contributed by atoms with Gasteiger partial charge < -0.3 is 4.42 Å². The van der Waals surface area contributed by atoms with Gasteiger partial charge in [0.1, 0.15) is 11.2 Å². The number of fused-ring (bicyclic) bond motifs is 4. The van der Waals surface area contributed by atoms with Crippen LogP contribution in [-0.4, -0.2) is 9.97 Å². The van der Waals surface area contributed by atoms with Crippen LogP contribution in [0.2, 0.25) is 0 Å². The lowest BCUT2D eigenvalue weighted by molar-refractivity contribution is 0.670. The molecule has 53 heavy (non-hydrogen) atoms. The number of benzene rings is 8. The maximum Gasteiger partial charge on any atom is 0.160 e. The molecule has 0 unspecified atom stereocenters. The monoisotopic (exact) mass is 676 g/mol. The Balaban J connectivity index is 1.19. The Kier molecular flexibility index (Phi) is 7.47. The van der Waals surface area contributed by atoms with Gasteiger partial charge in [-0.15, -0.1) is 0 Å². The van der Waals surface area contributed by atoms with Crippen molar-refractivity contribution in [3.05, 3.63) is 194 Å². The van der Waals surface area contributed by atoms with Gasteiger partial charge >= 0.3 is 0 Å². The molecule has 0 bridgehead atoms. The van der Waals surface area contributed by atoms with Crippen molar-refractivity contribution < 1.29 is 4.42 Å². The van der Waals surface area contributed by atoms with Gasteiger partial charge in [0.2, 0.25) is 0 Å². The van der Waals surface area contributed by atoms with E-state index in [0.717, 1.165) is 72.3 Å². The maximum absolute atomic E-state index is 6.56. The van der Waals surface area contributed by atoms with E-state index in [4.69, 9.17) is 14.4 Å². The molecule has 0 amide bonds. The molecular formula is C50H32N2O. The molecule has 10 rings (SSSR count). The van der Waals surface area contributed by atoms with E-state index in [-0.39, 0.29) is 0 Å². The minimum atomic E-state index is 0.685. The highest BCUT2D eigenvalue weighted by Crippen LogP contribution is 2.40. The molecule has 0 aliphatic carbocycles. The second kappa shape index (κ2) is 12.9. The maximum atomic E-state index is 6.56. The van der Waals surface area contributed by atoms with E-state index in [1.54, 1.807) is 0 Å². The molecule has 0 fully saturated rings. The van der Waals surface area contributed by atoms with Crippen LogP contribution in [0.3, 0.4) is 0 Å². The van der Waals surface area contributed by atoms with Crippen molar-refractivity contribution in [1.29, 1.82) is 0 Å². The number of para-hydroxylation sites is 2. The normalized spacial score (nSPS) is 11.4. The fourth-order valence-corrected chi connectivity index (χ4v) is 7.37. The largest absolute Gasteiger partial charge is 0.455 e. The lowest BCUT2D eigenvalue weighted by Crippen LogP contribution is -1.96. The quantitative estimate of drug-likeness (QED) is 0.176. The summed E-state index contributed by atoms with van der Waals surface area (Å²) < 4.78 is 6.56. The predicted octanol–water partition coefficient (Wildman–Crippen LogP) is 13.5. The lowest BCUT2D eigenvalue weighted by atomic mass is 9.93. The van der Waals surface area contributed by atoms with E-state index in [0.29, 0.717) is 5.82 Å². The smallest absolute Gasteiger partial charge is 0.160 e. The van der Waals surface area contributed by atoms with Crippen molar-refractivity contribution in [3.8, 4) is 67.3 Å². The van der Waals surface area contributed by atoms with E-state index < -0.39 is 0 Å². The van der Waals surface area contributed by atoms with E-state index in [1.807, 2.05) is 30.3 Å². The van der Waals surface area contributed by atoms with Crippen LogP contribution in [0.1, 0.15) is 0 Å². The zero-order valence-corrected chi connectivity index (χ0v) is 28.8. The van der Waals surface area contributed by atoms with E-state index >= 15 is 0 Å². The van der Waals surface area contributed by atoms with Crippen molar-refractivity contribution in [2.75, 3.05) is 0 Å². The van der Waals surface area contributed by atoms with Gasteiger partial charge in [-0.1, -0.05) is 158 Å². The molecule has 0 aliphatic heterocycles. The molecular weight excluding hydrogens is 645 g/mol. The molecule has 2 heterocycles. The van der Waals surface area contributed by atoms with Crippen LogP contribution in [0.15, 0.2) is 199 Å². The minimum absolute atomic E-state index is 0.685. The molecule has 2 aromatic heterocycles. The Hall–Kier alpha value is -7.10. The highest BCUT2D eigenvalue weighted by molar-refractivity contribution is 6.09. The van der Waals surface area contributed by atoms with Crippen LogP contribution in [0.25, 0.3) is 100.0 Å². The molecule has 0 atom stereocenters. The predicted molar refractivity (Wildman–Crippen MR) is 219 cm³/mol. The van der Waals surface area contributed by atoms with Crippen molar-refractivity contribution >= 4 is 32.7 Å². The standard InChI is InChI=1S/C50H32N2O/c1-3-12-33(13-4-1)35-22-24-36(25-23-35)40-29-41(43-19-11-20-45-44-18-9-10-21-48(44)53-49(43)45)31-42(30-40)47-32-46(51-50(52-47)37-15-5-2-6-16-37)39-27-26-34-14-7-8-17-38(34)28-39/h1-32H. The Morgan fingerprint density at radius 3 is 1.68 bits per heavy atom. The number of nitrogens with zero attached hydrogens (tertiary/aromatic N) is 2. The molecule has 0 N–H and O–H groups in total. The second-order valence-electron chi connectivity index (χ2n) is 13.4. The number of rotatable bonds is 6. The Morgan fingerprint density at radius 2 is 0.887 bits per heavy atom. The molecule has 0 saturated carbocycles. The van der Waals surface area contributed by atoms with Crippen molar-refractivity contribution in [3.63, 3.8) is 0 Å². The van der Waals surface area contributed by atoms with Gasteiger partial charge in [-0.05, 0) is 75.0 Å². The van der Waals surface area contributed by atoms with Crippen LogP contribution in [0.4, 0.5) is 0 Å².